The Morgan fingerprint density at radius 3 is 2.94 bits per heavy atom. The van der Waals surface area contributed by atoms with Gasteiger partial charge in [-0.15, -0.1) is 11.3 Å². The summed E-state index contributed by atoms with van der Waals surface area (Å²) < 4.78 is 2.20. The second-order valence-corrected chi connectivity index (χ2v) is 7.07. The molecule has 0 bridgehead atoms. The highest BCUT2D eigenvalue weighted by Crippen LogP contribution is 2.30. The molecule has 0 unspecified atom stereocenters. The summed E-state index contributed by atoms with van der Waals surface area (Å²) in [5.74, 6) is 1.18. The maximum atomic E-state index is 4.79. The molecule has 18 heavy (non-hydrogen) atoms. The predicted molar refractivity (Wildman–Crippen MR) is 84.5 cm³/mol. The molecule has 0 atom stereocenters. The van der Waals surface area contributed by atoms with Crippen molar-refractivity contribution >= 4 is 49.8 Å². The van der Waals surface area contributed by atoms with Crippen LogP contribution in [-0.4, -0.2) is 34.0 Å². The van der Waals surface area contributed by atoms with Gasteiger partial charge in [0.25, 0.3) is 0 Å². The predicted octanol–water partition coefficient (Wildman–Crippen LogP) is 3.62. The Labute approximate surface area is 124 Å². The van der Waals surface area contributed by atoms with Gasteiger partial charge in [-0.2, -0.15) is 11.8 Å². The average Bonchev–Trinajstić information content (AvgIpc) is 2.98. The van der Waals surface area contributed by atoms with Gasteiger partial charge in [-0.25, -0.2) is 4.98 Å². The van der Waals surface area contributed by atoms with Crippen LogP contribution in [0.25, 0.3) is 4.96 Å². The van der Waals surface area contributed by atoms with E-state index in [9.17, 15) is 0 Å². The van der Waals surface area contributed by atoms with Crippen LogP contribution in [0.2, 0.25) is 0 Å². The Morgan fingerprint density at radius 2 is 2.28 bits per heavy atom. The second kappa shape index (κ2) is 5.43. The third-order valence-electron chi connectivity index (χ3n) is 3.54. The van der Waals surface area contributed by atoms with Crippen molar-refractivity contribution in [1.82, 2.24) is 9.38 Å². The molecule has 1 aliphatic rings. The number of fused-ring (bicyclic) bond motifs is 1. The van der Waals surface area contributed by atoms with Gasteiger partial charge in [-0.05, 0) is 19.1 Å². The molecule has 3 heterocycles. The summed E-state index contributed by atoms with van der Waals surface area (Å²) in [4.78, 5) is 8.34. The number of rotatable bonds is 3. The van der Waals surface area contributed by atoms with Gasteiger partial charge in [-0.3, -0.25) is 4.40 Å². The molecule has 1 saturated heterocycles. The Balaban J connectivity index is 1.87. The zero-order valence-electron chi connectivity index (χ0n) is 10.3. The van der Waals surface area contributed by atoms with Crippen molar-refractivity contribution in [2.45, 2.75) is 23.4 Å². The van der Waals surface area contributed by atoms with Crippen LogP contribution in [0.5, 0.6) is 0 Å². The largest absolute Gasteiger partial charge is 0.355 e. The van der Waals surface area contributed by atoms with E-state index in [0.29, 0.717) is 0 Å². The number of hydrogen-bond acceptors (Lipinski definition) is 4. The molecule has 3 nitrogen and oxygen atoms in total. The van der Waals surface area contributed by atoms with Gasteiger partial charge < -0.3 is 4.90 Å². The number of hydrogen-bond donors (Lipinski definition) is 0. The summed E-state index contributed by atoms with van der Waals surface area (Å²) in [5, 5.41) is 3.79. The van der Waals surface area contributed by atoms with Crippen LogP contribution in [0.3, 0.4) is 0 Å². The first-order valence-corrected chi connectivity index (χ1v) is 9.40. The monoisotopic (exact) mass is 345 g/mol. The highest BCUT2D eigenvalue weighted by Gasteiger charge is 2.23. The molecular formula is C12H16BrN3S2. The summed E-state index contributed by atoms with van der Waals surface area (Å²) in [6.45, 7) is 2.27. The van der Waals surface area contributed by atoms with E-state index < -0.39 is 0 Å². The lowest BCUT2D eigenvalue weighted by Crippen LogP contribution is -2.35. The van der Waals surface area contributed by atoms with Crippen molar-refractivity contribution in [3.8, 4) is 0 Å². The van der Waals surface area contributed by atoms with Crippen LogP contribution in [0.15, 0.2) is 11.6 Å². The van der Waals surface area contributed by atoms with Crippen molar-refractivity contribution in [2.75, 3.05) is 24.2 Å². The van der Waals surface area contributed by atoms with Gasteiger partial charge in [0.1, 0.15) is 0 Å². The summed E-state index contributed by atoms with van der Waals surface area (Å²) in [5.41, 5.74) is 1.29. The molecule has 0 amide bonds. The molecule has 0 N–H and O–H groups in total. The molecule has 2 aromatic heterocycles. The molecule has 0 aliphatic carbocycles. The minimum Gasteiger partial charge on any atom is -0.355 e. The number of halogens is 1. The molecule has 0 spiro atoms. The van der Waals surface area contributed by atoms with Crippen LogP contribution in [-0.2, 0) is 5.33 Å². The lowest BCUT2D eigenvalue weighted by Gasteiger charge is -2.31. The number of anilines is 1. The molecular weight excluding hydrogens is 330 g/mol. The number of thiazole rings is 1. The minimum absolute atomic E-state index is 0.831. The third-order valence-corrected chi connectivity index (χ3v) is 5.97. The van der Waals surface area contributed by atoms with E-state index >= 15 is 0 Å². The van der Waals surface area contributed by atoms with Crippen LogP contribution >= 0.6 is 39.0 Å². The number of imidazole rings is 1. The van der Waals surface area contributed by atoms with E-state index in [1.165, 1.54) is 24.4 Å². The molecule has 2 aromatic rings. The van der Waals surface area contributed by atoms with Crippen molar-refractivity contribution in [3.63, 3.8) is 0 Å². The lowest BCUT2D eigenvalue weighted by atomic mass is 10.1. The van der Waals surface area contributed by atoms with E-state index in [0.717, 1.165) is 28.6 Å². The molecule has 0 radical (unpaired) electrons. The normalized spacial score (nSPS) is 17.8. The van der Waals surface area contributed by atoms with Crippen LogP contribution < -0.4 is 4.90 Å². The van der Waals surface area contributed by atoms with E-state index in [1.54, 1.807) is 11.3 Å². The number of alkyl halides is 1. The number of aromatic nitrogens is 2. The molecule has 3 rings (SSSR count). The first kappa shape index (κ1) is 12.8. The maximum absolute atomic E-state index is 4.79. The molecule has 0 saturated carbocycles. The standard InChI is InChI=1S/C12H16BrN3S2/c1-17-9-2-4-15(5-3-9)11-10(8-13)16-6-7-18-12(16)14-11/h6-7,9H,2-5,8H2,1H3. The Kier molecular flexibility index (Phi) is 3.86. The minimum atomic E-state index is 0.831. The van der Waals surface area contributed by atoms with E-state index in [2.05, 4.69) is 43.1 Å². The zero-order chi connectivity index (χ0) is 12.5. The van der Waals surface area contributed by atoms with Gasteiger partial charge in [0.2, 0.25) is 0 Å². The van der Waals surface area contributed by atoms with E-state index in [1.807, 2.05) is 11.8 Å². The van der Waals surface area contributed by atoms with E-state index in [-0.39, 0.29) is 0 Å². The molecule has 0 aromatic carbocycles. The SMILES string of the molecule is CSC1CCN(c2nc3sccn3c2CBr)CC1. The summed E-state index contributed by atoms with van der Waals surface area (Å²) in [6.07, 6.45) is 6.88. The first-order chi connectivity index (χ1) is 8.83. The fourth-order valence-electron chi connectivity index (χ4n) is 2.50. The summed E-state index contributed by atoms with van der Waals surface area (Å²) in [7, 11) is 0. The summed E-state index contributed by atoms with van der Waals surface area (Å²) >= 11 is 7.31. The van der Waals surface area contributed by atoms with Gasteiger partial charge in [0.15, 0.2) is 10.8 Å². The van der Waals surface area contributed by atoms with Crippen LogP contribution in [0.1, 0.15) is 18.5 Å². The molecule has 1 aliphatic heterocycles. The Morgan fingerprint density at radius 1 is 1.50 bits per heavy atom. The van der Waals surface area contributed by atoms with Crippen LogP contribution in [0.4, 0.5) is 5.82 Å². The molecule has 6 heteroatoms. The van der Waals surface area contributed by atoms with E-state index in [4.69, 9.17) is 4.98 Å². The zero-order valence-corrected chi connectivity index (χ0v) is 13.5. The third kappa shape index (κ3) is 2.18. The fourth-order valence-corrected chi connectivity index (χ4v) is 4.43. The Hall–Kier alpha value is -0.200. The van der Waals surface area contributed by atoms with Gasteiger partial charge >= 0.3 is 0 Å². The van der Waals surface area contributed by atoms with Crippen molar-refractivity contribution in [3.05, 3.63) is 17.3 Å². The van der Waals surface area contributed by atoms with Gasteiger partial charge in [0, 0.05) is 35.2 Å². The van der Waals surface area contributed by atoms with Crippen molar-refractivity contribution in [2.24, 2.45) is 0 Å². The highest BCUT2D eigenvalue weighted by molar-refractivity contribution is 9.08. The quantitative estimate of drug-likeness (QED) is 0.792. The van der Waals surface area contributed by atoms with Gasteiger partial charge in [-0.1, -0.05) is 15.9 Å². The highest BCUT2D eigenvalue weighted by atomic mass is 79.9. The van der Waals surface area contributed by atoms with Gasteiger partial charge in [0.05, 0.1) is 5.69 Å². The summed E-state index contributed by atoms with van der Waals surface area (Å²) in [6, 6.07) is 0. The van der Waals surface area contributed by atoms with Crippen LogP contribution in [0, 0.1) is 0 Å². The van der Waals surface area contributed by atoms with Crippen molar-refractivity contribution in [1.29, 1.82) is 0 Å². The second-order valence-electron chi connectivity index (χ2n) is 4.49. The first-order valence-electron chi connectivity index (χ1n) is 6.11. The molecule has 1 fully saturated rings. The average molecular weight is 346 g/mol. The lowest BCUT2D eigenvalue weighted by molar-refractivity contribution is 0.587. The maximum Gasteiger partial charge on any atom is 0.195 e. The number of nitrogens with zero attached hydrogens (tertiary/aromatic N) is 3. The number of thioether (sulfide) groups is 1. The molecule has 98 valence electrons. The smallest absolute Gasteiger partial charge is 0.195 e. The topological polar surface area (TPSA) is 20.5 Å². The number of piperidine rings is 1. The fraction of sp³-hybridized carbons (Fsp3) is 0.583. The Bertz CT molecular complexity index is 528. The van der Waals surface area contributed by atoms with Crippen molar-refractivity contribution < 1.29 is 0 Å².